The number of rotatable bonds is 2. The number of carbonyl (C=O) groups is 2. The summed E-state index contributed by atoms with van der Waals surface area (Å²) >= 11 is 0. The molecule has 0 fully saturated rings. The Kier molecular flexibility index (Phi) is 2.64. The Balaban J connectivity index is 2.40. The predicted molar refractivity (Wildman–Crippen MR) is 63.7 cm³/mol. The molecule has 0 N–H and O–H groups in total. The van der Waals surface area contributed by atoms with Crippen LogP contribution in [-0.2, 0) is 9.59 Å². The predicted octanol–water partition coefficient (Wildman–Crippen LogP) is 2.42. The van der Waals surface area contributed by atoms with Crippen LogP contribution in [-0.4, -0.2) is 11.6 Å². The fourth-order valence-corrected chi connectivity index (χ4v) is 1.53. The van der Waals surface area contributed by atoms with Crippen molar-refractivity contribution in [3.63, 3.8) is 0 Å². The fraction of sp³-hybridized carbons (Fsp3) is 0. The summed E-state index contributed by atoms with van der Waals surface area (Å²) in [6.45, 7) is 3.65. The molecule has 0 aromatic heterocycles. The molecule has 0 atom stereocenters. The zero-order valence-electron chi connectivity index (χ0n) is 8.64. The van der Waals surface area contributed by atoms with Crippen LogP contribution in [0.3, 0.4) is 0 Å². The molecule has 1 aromatic rings. The Morgan fingerprint density at radius 3 is 2.31 bits per heavy atom. The SMILES string of the molecule is C=Cc1ccc(C2=CC(=O)C=CC2=O)cc1. The van der Waals surface area contributed by atoms with E-state index in [0.717, 1.165) is 11.1 Å². The maximum absolute atomic E-state index is 11.6. The van der Waals surface area contributed by atoms with Crippen LogP contribution in [0.5, 0.6) is 0 Å². The van der Waals surface area contributed by atoms with Crippen molar-refractivity contribution in [1.29, 1.82) is 0 Å². The van der Waals surface area contributed by atoms with E-state index in [-0.39, 0.29) is 11.6 Å². The third kappa shape index (κ3) is 1.91. The van der Waals surface area contributed by atoms with Crippen molar-refractivity contribution in [2.45, 2.75) is 0 Å². The standard InChI is InChI=1S/C14H10O2/c1-2-10-3-5-11(6-4-10)13-9-12(15)7-8-14(13)16/h2-9H,1H2. The molecular formula is C14H10O2. The van der Waals surface area contributed by atoms with Gasteiger partial charge in [-0.05, 0) is 29.4 Å². The topological polar surface area (TPSA) is 34.1 Å². The van der Waals surface area contributed by atoms with Gasteiger partial charge in [-0.15, -0.1) is 0 Å². The Hall–Kier alpha value is -2.22. The van der Waals surface area contributed by atoms with Crippen LogP contribution < -0.4 is 0 Å². The van der Waals surface area contributed by atoms with Gasteiger partial charge in [0.05, 0.1) is 0 Å². The lowest BCUT2D eigenvalue weighted by molar-refractivity contribution is -0.113. The maximum atomic E-state index is 11.6. The van der Waals surface area contributed by atoms with Gasteiger partial charge in [0.25, 0.3) is 0 Å². The summed E-state index contributed by atoms with van der Waals surface area (Å²) in [5.74, 6) is -0.284. The summed E-state index contributed by atoms with van der Waals surface area (Å²) in [6, 6.07) is 7.35. The van der Waals surface area contributed by atoms with E-state index < -0.39 is 0 Å². The third-order valence-electron chi connectivity index (χ3n) is 2.41. The van der Waals surface area contributed by atoms with Gasteiger partial charge in [0.1, 0.15) is 0 Å². The second-order valence-electron chi connectivity index (χ2n) is 3.48. The monoisotopic (exact) mass is 210 g/mol. The number of ketones is 2. The number of allylic oxidation sites excluding steroid dienone is 4. The van der Waals surface area contributed by atoms with Crippen molar-refractivity contribution in [2.75, 3.05) is 0 Å². The van der Waals surface area contributed by atoms with Gasteiger partial charge in [-0.1, -0.05) is 36.9 Å². The molecule has 1 aromatic carbocycles. The van der Waals surface area contributed by atoms with E-state index in [0.29, 0.717) is 5.57 Å². The first-order valence-corrected chi connectivity index (χ1v) is 4.91. The van der Waals surface area contributed by atoms with Gasteiger partial charge in [-0.25, -0.2) is 0 Å². The molecule has 16 heavy (non-hydrogen) atoms. The first-order valence-electron chi connectivity index (χ1n) is 4.91. The normalized spacial score (nSPS) is 14.9. The van der Waals surface area contributed by atoms with Gasteiger partial charge in [-0.3, -0.25) is 9.59 Å². The highest BCUT2D eigenvalue weighted by Crippen LogP contribution is 2.19. The zero-order chi connectivity index (χ0) is 11.5. The molecule has 78 valence electrons. The van der Waals surface area contributed by atoms with E-state index in [1.807, 2.05) is 24.3 Å². The summed E-state index contributed by atoms with van der Waals surface area (Å²) < 4.78 is 0. The first kappa shape index (κ1) is 10.3. The fourth-order valence-electron chi connectivity index (χ4n) is 1.53. The molecule has 0 aliphatic heterocycles. The Morgan fingerprint density at radius 1 is 1.00 bits per heavy atom. The van der Waals surface area contributed by atoms with Gasteiger partial charge in [-0.2, -0.15) is 0 Å². The van der Waals surface area contributed by atoms with Crippen LogP contribution in [0.25, 0.3) is 11.6 Å². The van der Waals surface area contributed by atoms with E-state index in [1.54, 1.807) is 6.08 Å². The highest BCUT2D eigenvalue weighted by Gasteiger charge is 2.14. The largest absolute Gasteiger partial charge is 0.290 e. The number of hydrogen-bond acceptors (Lipinski definition) is 2. The molecule has 2 rings (SSSR count). The molecule has 0 radical (unpaired) electrons. The summed E-state index contributed by atoms with van der Waals surface area (Å²) in [4.78, 5) is 22.8. The van der Waals surface area contributed by atoms with Crippen molar-refractivity contribution in [3.8, 4) is 0 Å². The zero-order valence-corrected chi connectivity index (χ0v) is 8.64. The van der Waals surface area contributed by atoms with E-state index in [2.05, 4.69) is 6.58 Å². The average Bonchev–Trinajstić information content (AvgIpc) is 2.32. The maximum Gasteiger partial charge on any atom is 0.186 e. The molecule has 1 aliphatic carbocycles. The molecule has 0 saturated carbocycles. The lowest BCUT2D eigenvalue weighted by Crippen LogP contribution is -2.06. The van der Waals surface area contributed by atoms with Crippen molar-refractivity contribution in [2.24, 2.45) is 0 Å². The lowest BCUT2D eigenvalue weighted by atomic mass is 9.96. The third-order valence-corrected chi connectivity index (χ3v) is 2.41. The summed E-state index contributed by atoms with van der Waals surface area (Å²) in [6.07, 6.45) is 5.68. The van der Waals surface area contributed by atoms with Crippen molar-refractivity contribution in [3.05, 3.63) is 60.2 Å². The van der Waals surface area contributed by atoms with Gasteiger partial charge >= 0.3 is 0 Å². The minimum Gasteiger partial charge on any atom is -0.290 e. The van der Waals surface area contributed by atoms with Gasteiger partial charge in [0, 0.05) is 5.57 Å². The van der Waals surface area contributed by atoms with Crippen LogP contribution in [0.2, 0.25) is 0 Å². The molecule has 1 aliphatic rings. The van der Waals surface area contributed by atoms with Crippen LogP contribution in [0.15, 0.2) is 49.1 Å². The number of hydrogen-bond donors (Lipinski definition) is 0. The highest BCUT2D eigenvalue weighted by atomic mass is 16.1. The Labute approximate surface area is 93.6 Å². The van der Waals surface area contributed by atoms with E-state index >= 15 is 0 Å². The summed E-state index contributed by atoms with van der Waals surface area (Å²) in [7, 11) is 0. The smallest absolute Gasteiger partial charge is 0.186 e. The van der Waals surface area contributed by atoms with Crippen molar-refractivity contribution < 1.29 is 9.59 Å². The molecule has 0 bridgehead atoms. The molecule has 0 unspecified atom stereocenters. The minimum absolute atomic E-state index is 0.133. The second kappa shape index (κ2) is 4.11. The van der Waals surface area contributed by atoms with E-state index in [1.165, 1.54) is 18.2 Å². The average molecular weight is 210 g/mol. The molecule has 0 amide bonds. The van der Waals surface area contributed by atoms with Crippen molar-refractivity contribution >= 4 is 23.2 Å². The molecule has 0 saturated heterocycles. The van der Waals surface area contributed by atoms with Crippen LogP contribution in [0, 0.1) is 0 Å². The lowest BCUT2D eigenvalue weighted by Gasteiger charge is -2.07. The van der Waals surface area contributed by atoms with Crippen LogP contribution in [0.1, 0.15) is 11.1 Å². The number of carbonyl (C=O) groups excluding carboxylic acids is 2. The van der Waals surface area contributed by atoms with Gasteiger partial charge < -0.3 is 0 Å². The molecular weight excluding hydrogens is 200 g/mol. The summed E-state index contributed by atoms with van der Waals surface area (Å²) in [5.41, 5.74) is 2.19. The molecule has 2 nitrogen and oxygen atoms in total. The first-order chi connectivity index (χ1) is 7.70. The van der Waals surface area contributed by atoms with Crippen molar-refractivity contribution in [1.82, 2.24) is 0 Å². The molecule has 0 heterocycles. The number of benzene rings is 1. The van der Waals surface area contributed by atoms with Gasteiger partial charge in [0.15, 0.2) is 11.6 Å². The van der Waals surface area contributed by atoms with Crippen LogP contribution in [0.4, 0.5) is 0 Å². The van der Waals surface area contributed by atoms with Crippen LogP contribution >= 0.6 is 0 Å². The summed E-state index contributed by atoms with van der Waals surface area (Å²) in [5, 5.41) is 0. The molecule has 0 spiro atoms. The Bertz CT molecular complexity index is 516. The highest BCUT2D eigenvalue weighted by molar-refractivity contribution is 6.33. The minimum atomic E-state index is -0.151. The van der Waals surface area contributed by atoms with E-state index in [9.17, 15) is 9.59 Å². The van der Waals surface area contributed by atoms with E-state index in [4.69, 9.17) is 0 Å². The quantitative estimate of drug-likeness (QED) is 0.702. The second-order valence-corrected chi connectivity index (χ2v) is 3.48. The Morgan fingerprint density at radius 2 is 1.69 bits per heavy atom. The van der Waals surface area contributed by atoms with Gasteiger partial charge in [0.2, 0.25) is 0 Å². The molecule has 2 heteroatoms.